The van der Waals surface area contributed by atoms with Crippen LogP contribution in [0.4, 0.5) is 0 Å². The van der Waals surface area contributed by atoms with Crippen LogP contribution >= 0.6 is 0 Å². The fourth-order valence-corrected chi connectivity index (χ4v) is 2.39. The molecule has 114 valence electrons. The third-order valence-electron chi connectivity index (χ3n) is 3.28. The van der Waals surface area contributed by atoms with Crippen LogP contribution < -0.4 is 0 Å². The van der Waals surface area contributed by atoms with Gasteiger partial charge in [0.05, 0.1) is 17.5 Å². The topological polar surface area (TPSA) is 53.4 Å². The number of carbonyl (C=O) groups excluding carboxylic acids is 1. The third kappa shape index (κ3) is 3.49. The van der Waals surface area contributed by atoms with Crippen LogP contribution in [0.1, 0.15) is 26.6 Å². The zero-order chi connectivity index (χ0) is 15.2. The number of nitrogens with zero attached hydrogens (tertiary/aromatic N) is 2. The summed E-state index contributed by atoms with van der Waals surface area (Å²) in [6.07, 6.45) is -0.585. The Morgan fingerprint density at radius 1 is 1.19 bits per heavy atom. The zero-order valence-corrected chi connectivity index (χ0v) is 12.8. The number of ketones is 1. The molecule has 0 fully saturated rings. The summed E-state index contributed by atoms with van der Waals surface area (Å²) in [5.74, 6) is 0.664. The first kappa shape index (κ1) is 15.7. The molecule has 0 N–H and O–H groups in total. The van der Waals surface area contributed by atoms with Crippen LogP contribution in [0.3, 0.4) is 0 Å². The summed E-state index contributed by atoms with van der Waals surface area (Å²) in [7, 11) is 0. The number of fused-ring (bicyclic) bond motifs is 1. The number of imidazole rings is 1. The first-order chi connectivity index (χ1) is 10.2. The van der Waals surface area contributed by atoms with Crippen LogP contribution in [-0.4, -0.2) is 34.8 Å². The minimum Gasteiger partial charge on any atom is -0.346 e. The molecule has 1 aromatic carbocycles. The van der Waals surface area contributed by atoms with Crippen molar-refractivity contribution in [3.05, 3.63) is 30.1 Å². The first-order valence-electron chi connectivity index (χ1n) is 7.41. The number of para-hydroxylation sites is 2. The van der Waals surface area contributed by atoms with E-state index in [0.717, 1.165) is 23.4 Å². The molecule has 0 aliphatic rings. The minimum absolute atomic E-state index is 0.0938. The van der Waals surface area contributed by atoms with E-state index >= 15 is 0 Å². The highest BCUT2D eigenvalue weighted by Gasteiger charge is 2.22. The normalized spacial score (nSPS) is 11.4. The van der Waals surface area contributed by atoms with Gasteiger partial charge in [-0.25, -0.2) is 4.98 Å². The second kappa shape index (κ2) is 7.33. The van der Waals surface area contributed by atoms with Crippen molar-refractivity contribution in [2.24, 2.45) is 0 Å². The Labute approximate surface area is 124 Å². The molecular weight excluding hydrogens is 268 g/mol. The maximum absolute atomic E-state index is 12.3. The molecule has 0 aliphatic heterocycles. The Morgan fingerprint density at radius 2 is 1.86 bits per heavy atom. The van der Waals surface area contributed by atoms with E-state index in [2.05, 4.69) is 9.55 Å². The van der Waals surface area contributed by atoms with Crippen LogP contribution in [0.15, 0.2) is 24.3 Å². The lowest BCUT2D eigenvalue weighted by atomic mass is 10.2. The molecule has 1 aromatic heterocycles. The molecule has 2 aromatic rings. The molecule has 21 heavy (non-hydrogen) atoms. The van der Waals surface area contributed by atoms with Gasteiger partial charge in [-0.05, 0) is 32.9 Å². The van der Waals surface area contributed by atoms with Gasteiger partial charge >= 0.3 is 0 Å². The Hall–Kier alpha value is -1.72. The predicted molar refractivity (Wildman–Crippen MR) is 81.2 cm³/mol. The average molecular weight is 290 g/mol. The molecule has 0 aliphatic carbocycles. The van der Waals surface area contributed by atoms with Crippen molar-refractivity contribution in [2.45, 2.75) is 40.0 Å². The van der Waals surface area contributed by atoms with Crippen LogP contribution in [-0.2, 0) is 27.2 Å². The lowest BCUT2D eigenvalue weighted by Gasteiger charge is -2.15. The second-order valence-electron chi connectivity index (χ2n) is 4.65. The highest BCUT2D eigenvalue weighted by molar-refractivity contribution is 5.85. The largest absolute Gasteiger partial charge is 0.346 e. The van der Waals surface area contributed by atoms with E-state index < -0.39 is 6.29 Å². The van der Waals surface area contributed by atoms with Gasteiger partial charge in [0.1, 0.15) is 5.82 Å². The molecule has 0 unspecified atom stereocenters. The first-order valence-corrected chi connectivity index (χ1v) is 7.41. The number of carbonyl (C=O) groups is 1. The van der Waals surface area contributed by atoms with Gasteiger partial charge in [-0.1, -0.05) is 12.1 Å². The number of aryl methyl sites for hydroxylation is 1. The summed E-state index contributed by atoms with van der Waals surface area (Å²) < 4.78 is 12.8. The van der Waals surface area contributed by atoms with Gasteiger partial charge in [0.15, 0.2) is 5.78 Å². The van der Waals surface area contributed by atoms with Crippen LogP contribution in [0.5, 0.6) is 0 Å². The molecule has 5 nitrogen and oxygen atoms in total. The Kier molecular flexibility index (Phi) is 5.47. The van der Waals surface area contributed by atoms with E-state index in [0.29, 0.717) is 13.2 Å². The highest BCUT2D eigenvalue weighted by atomic mass is 16.7. The van der Waals surface area contributed by atoms with E-state index in [1.54, 1.807) is 0 Å². The molecule has 0 spiro atoms. The number of benzene rings is 1. The lowest BCUT2D eigenvalue weighted by Crippen LogP contribution is -2.30. The molecule has 0 atom stereocenters. The van der Waals surface area contributed by atoms with E-state index in [1.165, 1.54) is 0 Å². The Bertz CT molecular complexity index is 601. The minimum atomic E-state index is -0.801. The summed E-state index contributed by atoms with van der Waals surface area (Å²) >= 11 is 0. The van der Waals surface area contributed by atoms with Gasteiger partial charge < -0.3 is 14.0 Å². The van der Waals surface area contributed by atoms with Crippen molar-refractivity contribution < 1.29 is 14.3 Å². The predicted octanol–water partition coefficient (Wildman–Crippen LogP) is 2.57. The van der Waals surface area contributed by atoms with Crippen molar-refractivity contribution in [3.63, 3.8) is 0 Å². The molecule has 0 bridgehead atoms. The van der Waals surface area contributed by atoms with Crippen molar-refractivity contribution in [1.82, 2.24) is 9.55 Å². The number of ether oxygens (including phenoxy) is 2. The van der Waals surface area contributed by atoms with Gasteiger partial charge in [-0.2, -0.15) is 0 Å². The van der Waals surface area contributed by atoms with Gasteiger partial charge in [-0.15, -0.1) is 0 Å². The molecule has 5 heteroatoms. The molecule has 0 radical (unpaired) electrons. The number of aromatic nitrogens is 2. The van der Waals surface area contributed by atoms with Gasteiger partial charge in [-0.3, -0.25) is 4.79 Å². The lowest BCUT2D eigenvalue weighted by molar-refractivity contribution is -0.167. The average Bonchev–Trinajstić information content (AvgIpc) is 2.83. The van der Waals surface area contributed by atoms with Crippen molar-refractivity contribution >= 4 is 16.8 Å². The second-order valence-corrected chi connectivity index (χ2v) is 4.65. The number of hydrogen-bond donors (Lipinski definition) is 0. The fraction of sp³-hybridized carbons (Fsp3) is 0.500. The number of Topliss-reactive ketones (excluding diaryl/α,β-unsaturated/α-hetero) is 1. The molecule has 0 saturated heterocycles. The third-order valence-corrected chi connectivity index (χ3v) is 3.28. The molecule has 0 saturated carbocycles. The monoisotopic (exact) mass is 290 g/mol. The summed E-state index contributed by atoms with van der Waals surface area (Å²) in [5.41, 5.74) is 1.96. The van der Waals surface area contributed by atoms with Gasteiger partial charge in [0, 0.05) is 19.8 Å². The van der Waals surface area contributed by atoms with Crippen LogP contribution in [0.25, 0.3) is 11.0 Å². The van der Waals surface area contributed by atoms with Crippen molar-refractivity contribution in [2.75, 3.05) is 13.2 Å². The van der Waals surface area contributed by atoms with Crippen LogP contribution in [0, 0.1) is 0 Å². The number of hydrogen-bond acceptors (Lipinski definition) is 4. The van der Waals surface area contributed by atoms with Gasteiger partial charge in [0.2, 0.25) is 6.29 Å². The smallest absolute Gasteiger partial charge is 0.218 e. The van der Waals surface area contributed by atoms with Crippen LogP contribution in [0.2, 0.25) is 0 Å². The summed E-state index contributed by atoms with van der Waals surface area (Å²) in [5, 5.41) is 0. The quantitative estimate of drug-likeness (QED) is 0.701. The maximum Gasteiger partial charge on any atom is 0.218 e. The van der Waals surface area contributed by atoms with Gasteiger partial charge in [0.25, 0.3) is 0 Å². The van der Waals surface area contributed by atoms with E-state index in [4.69, 9.17) is 9.47 Å². The molecule has 2 rings (SSSR count). The van der Waals surface area contributed by atoms with E-state index in [9.17, 15) is 4.79 Å². The van der Waals surface area contributed by atoms with E-state index in [1.807, 2.05) is 45.0 Å². The summed E-state index contributed by atoms with van der Waals surface area (Å²) in [4.78, 5) is 16.9. The standard InChI is InChI=1S/C16H22N2O3/c1-4-18-13-10-8-7-9-12(13)17-15(18)11-14(19)16(20-5-2)21-6-3/h7-10,16H,4-6,11H2,1-3H3. The SMILES string of the molecule is CCOC(OCC)C(=O)Cc1nc2ccccc2n1CC. The molecular formula is C16H22N2O3. The maximum atomic E-state index is 12.3. The summed E-state index contributed by atoms with van der Waals surface area (Å²) in [6, 6.07) is 7.90. The van der Waals surface area contributed by atoms with Crippen molar-refractivity contribution in [3.8, 4) is 0 Å². The summed E-state index contributed by atoms with van der Waals surface area (Å²) in [6.45, 7) is 7.41. The Morgan fingerprint density at radius 3 is 2.48 bits per heavy atom. The van der Waals surface area contributed by atoms with E-state index in [-0.39, 0.29) is 12.2 Å². The number of rotatable bonds is 8. The molecule has 1 heterocycles. The highest BCUT2D eigenvalue weighted by Crippen LogP contribution is 2.17. The zero-order valence-electron chi connectivity index (χ0n) is 12.8. The molecule has 0 amide bonds. The Balaban J connectivity index is 2.23. The van der Waals surface area contributed by atoms with Crippen molar-refractivity contribution in [1.29, 1.82) is 0 Å². The fourth-order valence-electron chi connectivity index (χ4n) is 2.39.